The van der Waals surface area contributed by atoms with Crippen LogP contribution in [0.3, 0.4) is 0 Å². The number of carboxylic acids is 1. The molecule has 2 heterocycles. The molecule has 0 atom stereocenters. The molecule has 0 aliphatic carbocycles. The molecule has 0 aliphatic rings. The maximum absolute atomic E-state index is 13.1. The molecule has 180 valence electrons. The lowest BCUT2D eigenvalue weighted by molar-refractivity contribution is 0.0698. The summed E-state index contributed by atoms with van der Waals surface area (Å²) >= 11 is 0. The van der Waals surface area contributed by atoms with E-state index in [9.17, 15) is 14.7 Å². The zero-order valence-corrected chi connectivity index (χ0v) is 19.8. The van der Waals surface area contributed by atoms with Gasteiger partial charge in [0.2, 0.25) is 0 Å². The summed E-state index contributed by atoms with van der Waals surface area (Å²) in [6, 6.07) is 20.9. The highest BCUT2D eigenvalue weighted by Gasteiger charge is 2.17. The first-order valence-corrected chi connectivity index (χ1v) is 11.9. The summed E-state index contributed by atoms with van der Waals surface area (Å²) in [4.78, 5) is 25.1. The second kappa shape index (κ2) is 9.95. The SMILES string of the molecule is CCCCc1cn(Cc2ccc(-c3ccccc3-c3nnn[nH]3)cc2)c2c(C(=O)O)cccc2c1=O. The first-order valence-electron chi connectivity index (χ1n) is 11.9. The molecule has 2 N–H and O–H groups in total. The Morgan fingerprint density at radius 3 is 2.47 bits per heavy atom. The number of nitrogens with one attached hydrogen (secondary N) is 1. The van der Waals surface area contributed by atoms with Crippen molar-refractivity contribution in [1.29, 1.82) is 0 Å². The molecule has 0 aliphatic heterocycles. The van der Waals surface area contributed by atoms with Gasteiger partial charge in [-0.15, -0.1) is 5.10 Å². The zero-order chi connectivity index (χ0) is 25.1. The summed E-state index contributed by atoms with van der Waals surface area (Å²) in [7, 11) is 0. The van der Waals surface area contributed by atoms with Crippen LogP contribution < -0.4 is 5.43 Å². The van der Waals surface area contributed by atoms with Gasteiger partial charge in [0, 0.05) is 29.3 Å². The van der Waals surface area contributed by atoms with Crippen LogP contribution in [0.15, 0.2) is 77.7 Å². The Hall–Kier alpha value is -4.59. The molecule has 3 aromatic carbocycles. The number of nitrogens with zero attached hydrogens (tertiary/aromatic N) is 4. The normalized spacial score (nSPS) is 11.1. The molecule has 0 fully saturated rings. The van der Waals surface area contributed by atoms with Crippen LogP contribution in [-0.4, -0.2) is 36.3 Å². The van der Waals surface area contributed by atoms with Crippen LogP contribution in [-0.2, 0) is 13.0 Å². The summed E-state index contributed by atoms with van der Waals surface area (Å²) in [6.45, 7) is 2.52. The highest BCUT2D eigenvalue weighted by atomic mass is 16.4. The average molecular weight is 480 g/mol. The number of para-hydroxylation sites is 1. The number of tetrazole rings is 1. The molecular formula is C28H25N5O3. The topological polar surface area (TPSA) is 114 Å². The van der Waals surface area contributed by atoms with E-state index < -0.39 is 5.97 Å². The predicted octanol–water partition coefficient (Wildman–Crippen LogP) is 4.94. The Labute approximate surface area is 207 Å². The minimum Gasteiger partial charge on any atom is -0.478 e. The summed E-state index contributed by atoms with van der Waals surface area (Å²) in [5.41, 5.74) is 5.07. The molecule has 8 heteroatoms. The van der Waals surface area contributed by atoms with Gasteiger partial charge in [-0.05, 0) is 52.1 Å². The Kier molecular flexibility index (Phi) is 6.40. The van der Waals surface area contributed by atoms with E-state index in [4.69, 9.17) is 0 Å². The van der Waals surface area contributed by atoms with E-state index in [0.717, 1.165) is 35.1 Å². The molecule has 0 amide bonds. The van der Waals surface area contributed by atoms with Crippen LogP contribution in [0.2, 0.25) is 0 Å². The fourth-order valence-electron chi connectivity index (χ4n) is 4.56. The Morgan fingerprint density at radius 1 is 1.00 bits per heavy atom. The molecule has 0 radical (unpaired) electrons. The lowest BCUT2D eigenvalue weighted by atomic mass is 9.98. The number of aromatic amines is 1. The predicted molar refractivity (Wildman–Crippen MR) is 138 cm³/mol. The highest BCUT2D eigenvalue weighted by molar-refractivity contribution is 6.02. The molecule has 2 aromatic heterocycles. The van der Waals surface area contributed by atoms with Gasteiger partial charge in [-0.25, -0.2) is 9.89 Å². The summed E-state index contributed by atoms with van der Waals surface area (Å²) in [5, 5.41) is 24.5. The van der Waals surface area contributed by atoms with Crippen LogP contribution in [0, 0.1) is 0 Å². The van der Waals surface area contributed by atoms with Gasteiger partial charge in [-0.2, -0.15) is 0 Å². The number of aromatic carboxylic acids is 1. The fourth-order valence-corrected chi connectivity index (χ4v) is 4.56. The lowest BCUT2D eigenvalue weighted by Gasteiger charge is -2.16. The number of H-pyrrole nitrogens is 1. The van der Waals surface area contributed by atoms with Crippen molar-refractivity contribution in [3.05, 3.63) is 99.8 Å². The number of carboxylic acid groups (broad SMARTS) is 1. The maximum Gasteiger partial charge on any atom is 0.337 e. The first-order chi connectivity index (χ1) is 17.6. The van der Waals surface area contributed by atoms with E-state index in [1.807, 2.05) is 59.3 Å². The summed E-state index contributed by atoms with van der Waals surface area (Å²) < 4.78 is 1.90. The smallest absolute Gasteiger partial charge is 0.337 e. The van der Waals surface area contributed by atoms with Crippen LogP contribution in [0.25, 0.3) is 33.4 Å². The Bertz CT molecular complexity index is 1590. The number of aromatic nitrogens is 5. The number of fused-ring (bicyclic) bond motifs is 1. The second-order valence-corrected chi connectivity index (χ2v) is 8.71. The van der Waals surface area contributed by atoms with Gasteiger partial charge >= 0.3 is 5.97 Å². The minimum absolute atomic E-state index is 0.0911. The quantitative estimate of drug-likeness (QED) is 0.326. The van der Waals surface area contributed by atoms with Gasteiger partial charge in [-0.1, -0.05) is 67.9 Å². The first kappa shape index (κ1) is 23.2. The summed E-state index contributed by atoms with van der Waals surface area (Å²) in [6.07, 6.45) is 4.36. The molecule has 5 aromatic rings. The van der Waals surface area contributed by atoms with Gasteiger partial charge in [0.1, 0.15) is 0 Å². The molecule has 0 saturated carbocycles. The second-order valence-electron chi connectivity index (χ2n) is 8.71. The van der Waals surface area contributed by atoms with Gasteiger partial charge in [-0.3, -0.25) is 4.79 Å². The van der Waals surface area contributed by atoms with Crippen molar-refractivity contribution >= 4 is 16.9 Å². The third-order valence-corrected chi connectivity index (χ3v) is 6.35. The van der Waals surface area contributed by atoms with Crippen molar-refractivity contribution in [1.82, 2.24) is 25.2 Å². The molecule has 0 spiro atoms. The number of hydrogen-bond donors (Lipinski definition) is 2. The molecule has 36 heavy (non-hydrogen) atoms. The molecular weight excluding hydrogens is 454 g/mol. The van der Waals surface area contributed by atoms with Crippen molar-refractivity contribution in [2.24, 2.45) is 0 Å². The average Bonchev–Trinajstić information content (AvgIpc) is 3.44. The third-order valence-electron chi connectivity index (χ3n) is 6.35. The number of benzene rings is 3. The van der Waals surface area contributed by atoms with Crippen molar-refractivity contribution < 1.29 is 9.90 Å². The van der Waals surface area contributed by atoms with E-state index in [-0.39, 0.29) is 11.0 Å². The van der Waals surface area contributed by atoms with Gasteiger partial charge < -0.3 is 9.67 Å². The number of hydrogen-bond acceptors (Lipinski definition) is 5. The molecule has 0 saturated heterocycles. The van der Waals surface area contributed by atoms with Crippen LogP contribution >= 0.6 is 0 Å². The number of carbonyl (C=O) groups is 1. The lowest BCUT2D eigenvalue weighted by Crippen LogP contribution is -2.17. The van der Waals surface area contributed by atoms with Crippen LogP contribution in [0.1, 0.15) is 41.3 Å². The van der Waals surface area contributed by atoms with E-state index in [1.54, 1.807) is 18.2 Å². The maximum atomic E-state index is 13.1. The van der Waals surface area contributed by atoms with Crippen LogP contribution in [0.5, 0.6) is 0 Å². The molecule has 8 nitrogen and oxygen atoms in total. The van der Waals surface area contributed by atoms with Crippen molar-refractivity contribution in [3.8, 4) is 22.5 Å². The van der Waals surface area contributed by atoms with Crippen molar-refractivity contribution in [2.45, 2.75) is 32.7 Å². The largest absolute Gasteiger partial charge is 0.478 e. The Morgan fingerprint density at radius 2 is 1.78 bits per heavy atom. The Balaban J connectivity index is 1.55. The van der Waals surface area contributed by atoms with Gasteiger partial charge in [0.05, 0.1) is 11.1 Å². The molecule has 5 rings (SSSR count). The monoisotopic (exact) mass is 479 g/mol. The third kappa shape index (κ3) is 4.40. The van der Waals surface area contributed by atoms with Crippen molar-refractivity contribution in [3.63, 3.8) is 0 Å². The van der Waals surface area contributed by atoms with E-state index >= 15 is 0 Å². The number of pyridine rings is 1. The van der Waals surface area contributed by atoms with E-state index in [2.05, 4.69) is 27.5 Å². The number of aryl methyl sites for hydroxylation is 1. The van der Waals surface area contributed by atoms with Crippen LogP contribution in [0.4, 0.5) is 0 Å². The highest BCUT2D eigenvalue weighted by Crippen LogP contribution is 2.30. The fraction of sp³-hybridized carbons (Fsp3) is 0.179. The van der Waals surface area contributed by atoms with Crippen molar-refractivity contribution in [2.75, 3.05) is 0 Å². The molecule has 0 unspecified atom stereocenters. The number of rotatable bonds is 8. The van der Waals surface area contributed by atoms with Gasteiger partial charge in [0.25, 0.3) is 0 Å². The number of unbranched alkanes of at least 4 members (excludes halogenated alkanes) is 1. The minimum atomic E-state index is -1.05. The van der Waals surface area contributed by atoms with E-state index in [1.165, 1.54) is 0 Å². The van der Waals surface area contributed by atoms with E-state index in [0.29, 0.717) is 35.3 Å². The molecule has 0 bridgehead atoms. The standard InChI is InChI=1S/C28H25N5O3/c1-2-3-7-20-17-33(25-23(26(20)34)10-6-11-24(25)28(35)36)16-18-12-14-19(15-13-18)21-8-4-5-9-22(21)27-29-31-32-30-27/h4-6,8-15,17H,2-3,7,16H2,1H3,(H,35,36)(H,29,30,31,32). The zero-order valence-electron chi connectivity index (χ0n) is 19.8. The summed E-state index contributed by atoms with van der Waals surface area (Å²) in [5.74, 6) is -0.459. The van der Waals surface area contributed by atoms with Gasteiger partial charge in [0.15, 0.2) is 11.3 Å².